The molecule has 1 nitrogen and oxygen atoms in total. The monoisotopic (exact) mass is 209 g/mol. The van der Waals surface area contributed by atoms with Crippen LogP contribution in [0.1, 0.15) is 12.5 Å². The molecule has 2 rings (SSSR count). The first-order valence-corrected chi connectivity index (χ1v) is 5.54. The van der Waals surface area contributed by atoms with Gasteiger partial charge in [0.2, 0.25) is 0 Å². The van der Waals surface area contributed by atoms with Crippen LogP contribution in [0, 0.1) is 0 Å². The van der Waals surface area contributed by atoms with Gasteiger partial charge in [0.25, 0.3) is 0 Å². The molecule has 0 spiro atoms. The highest BCUT2D eigenvalue weighted by Gasteiger charge is 2.07. The largest absolute Gasteiger partial charge is 0.397 e. The predicted molar refractivity (Wildman–Crippen MR) is 62.9 cm³/mol. The van der Waals surface area contributed by atoms with Crippen molar-refractivity contribution in [2.45, 2.75) is 18.2 Å². The Balaban J connectivity index is 2.87. The summed E-state index contributed by atoms with van der Waals surface area (Å²) in [7, 11) is 0. The minimum absolute atomic E-state index is 0.811. The standard InChI is InChI=1S/C10H11NS2/c1-2-6-5-8(12)9(11)10-7(6)3-4-13-10/h3-5,12H,2,11H2,1H3. The average Bonchev–Trinajstić information content (AvgIpc) is 2.60. The topological polar surface area (TPSA) is 26.0 Å². The molecule has 1 heterocycles. The number of nitrogens with two attached hydrogens (primary N) is 1. The van der Waals surface area contributed by atoms with E-state index < -0.39 is 0 Å². The van der Waals surface area contributed by atoms with Gasteiger partial charge in [0.15, 0.2) is 0 Å². The maximum Gasteiger partial charge on any atom is 0.0631 e. The number of hydrogen-bond acceptors (Lipinski definition) is 3. The highest BCUT2D eigenvalue weighted by molar-refractivity contribution is 7.80. The highest BCUT2D eigenvalue weighted by atomic mass is 32.1. The summed E-state index contributed by atoms with van der Waals surface area (Å²) in [4.78, 5) is 0.895. The first-order chi connectivity index (χ1) is 6.24. The molecule has 0 bridgehead atoms. The molecule has 0 unspecified atom stereocenters. The molecule has 0 aliphatic carbocycles. The van der Waals surface area contributed by atoms with Crippen molar-refractivity contribution >= 4 is 39.7 Å². The van der Waals surface area contributed by atoms with Gasteiger partial charge in [-0.15, -0.1) is 24.0 Å². The van der Waals surface area contributed by atoms with Crippen molar-refractivity contribution in [1.82, 2.24) is 0 Å². The lowest BCUT2D eigenvalue weighted by Crippen LogP contribution is -1.90. The van der Waals surface area contributed by atoms with Crippen molar-refractivity contribution < 1.29 is 0 Å². The Labute approximate surface area is 87.0 Å². The second kappa shape index (κ2) is 3.24. The Morgan fingerprint density at radius 3 is 3.00 bits per heavy atom. The lowest BCUT2D eigenvalue weighted by molar-refractivity contribution is 1.15. The Morgan fingerprint density at radius 2 is 2.31 bits per heavy atom. The molecule has 1 aromatic heterocycles. The van der Waals surface area contributed by atoms with Crippen LogP contribution in [0.25, 0.3) is 10.1 Å². The molecule has 1 aromatic carbocycles. The lowest BCUT2D eigenvalue weighted by Gasteiger charge is -2.05. The van der Waals surface area contributed by atoms with E-state index in [-0.39, 0.29) is 0 Å². The van der Waals surface area contributed by atoms with Gasteiger partial charge in [0.1, 0.15) is 0 Å². The van der Waals surface area contributed by atoms with Crippen LogP contribution in [0.3, 0.4) is 0 Å². The van der Waals surface area contributed by atoms with Crippen LogP contribution in [0.15, 0.2) is 22.4 Å². The summed E-state index contributed by atoms with van der Waals surface area (Å²) in [6.45, 7) is 2.15. The summed E-state index contributed by atoms with van der Waals surface area (Å²) in [5, 5.41) is 3.36. The van der Waals surface area contributed by atoms with E-state index in [2.05, 4.69) is 37.1 Å². The van der Waals surface area contributed by atoms with Crippen LogP contribution in [0.4, 0.5) is 5.69 Å². The molecule has 0 aliphatic heterocycles. The third-order valence-corrected chi connectivity index (χ3v) is 3.54. The first kappa shape index (κ1) is 8.91. The molecular weight excluding hydrogens is 198 g/mol. The highest BCUT2D eigenvalue weighted by Crippen LogP contribution is 2.34. The summed E-state index contributed by atoms with van der Waals surface area (Å²) in [6, 6.07) is 4.19. The number of rotatable bonds is 1. The zero-order chi connectivity index (χ0) is 9.42. The number of benzene rings is 1. The second-order valence-electron chi connectivity index (χ2n) is 2.99. The van der Waals surface area contributed by atoms with Crippen molar-refractivity contribution in [3.05, 3.63) is 23.1 Å². The van der Waals surface area contributed by atoms with Gasteiger partial charge in [-0.3, -0.25) is 0 Å². The quantitative estimate of drug-likeness (QED) is 0.547. The lowest BCUT2D eigenvalue weighted by atomic mass is 10.1. The Kier molecular flexibility index (Phi) is 2.22. The molecule has 0 fully saturated rings. The molecule has 3 heteroatoms. The Bertz CT molecular complexity index is 445. The summed E-state index contributed by atoms with van der Waals surface area (Å²) in [6.07, 6.45) is 1.03. The van der Waals surface area contributed by atoms with Gasteiger partial charge in [-0.25, -0.2) is 0 Å². The molecule has 0 atom stereocenters. The smallest absolute Gasteiger partial charge is 0.0631 e. The van der Waals surface area contributed by atoms with Crippen molar-refractivity contribution in [2.24, 2.45) is 0 Å². The van der Waals surface area contributed by atoms with E-state index in [1.165, 1.54) is 15.6 Å². The van der Waals surface area contributed by atoms with E-state index in [4.69, 9.17) is 5.73 Å². The number of anilines is 1. The molecule has 0 amide bonds. The fourth-order valence-electron chi connectivity index (χ4n) is 1.50. The summed E-state index contributed by atoms with van der Waals surface area (Å²) in [5.74, 6) is 0. The van der Waals surface area contributed by atoms with Gasteiger partial charge < -0.3 is 5.73 Å². The van der Waals surface area contributed by atoms with Crippen LogP contribution in [0.2, 0.25) is 0 Å². The van der Waals surface area contributed by atoms with Crippen LogP contribution in [-0.2, 0) is 6.42 Å². The van der Waals surface area contributed by atoms with Gasteiger partial charge in [0, 0.05) is 4.90 Å². The van der Waals surface area contributed by atoms with Crippen LogP contribution >= 0.6 is 24.0 Å². The minimum Gasteiger partial charge on any atom is -0.397 e. The number of thiol groups is 1. The van der Waals surface area contributed by atoms with E-state index in [0.717, 1.165) is 17.0 Å². The fourth-order valence-corrected chi connectivity index (χ4v) is 2.75. The number of fused-ring (bicyclic) bond motifs is 1. The van der Waals surface area contributed by atoms with Crippen molar-refractivity contribution in [1.29, 1.82) is 0 Å². The van der Waals surface area contributed by atoms with E-state index in [0.29, 0.717) is 0 Å². The van der Waals surface area contributed by atoms with Crippen molar-refractivity contribution in [3.63, 3.8) is 0 Å². The van der Waals surface area contributed by atoms with Gasteiger partial charge in [-0.1, -0.05) is 6.92 Å². The molecule has 0 saturated heterocycles. The average molecular weight is 209 g/mol. The number of hydrogen-bond donors (Lipinski definition) is 2. The predicted octanol–water partition coefficient (Wildman–Crippen LogP) is 3.33. The third kappa shape index (κ3) is 1.32. The van der Waals surface area contributed by atoms with E-state index in [1.54, 1.807) is 11.3 Å². The SMILES string of the molecule is CCc1cc(S)c(N)c2sccc12. The van der Waals surface area contributed by atoms with Gasteiger partial charge >= 0.3 is 0 Å². The second-order valence-corrected chi connectivity index (χ2v) is 4.38. The molecular formula is C10H11NS2. The molecule has 68 valence electrons. The van der Waals surface area contributed by atoms with Crippen molar-refractivity contribution in [3.8, 4) is 0 Å². The number of thiophene rings is 1. The fraction of sp³-hybridized carbons (Fsp3) is 0.200. The molecule has 0 saturated carbocycles. The van der Waals surface area contributed by atoms with E-state index >= 15 is 0 Å². The molecule has 2 N–H and O–H groups in total. The van der Waals surface area contributed by atoms with Crippen molar-refractivity contribution in [2.75, 3.05) is 5.73 Å². The molecule has 0 aliphatic rings. The van der Waals surface area contributed by atoms with Gasteiger partial charge in [-0.05, 0) is 34.9 Å². The first-order valence-electron chi connectivity index (χ1n) is 4.21. The Morgan fingerprint density at radius 1 is 1.54 bits per heavy atom. The maximum absolute atomic E-state index is 5.92. The van der Waals surface area contributed by atoms with Crippen LogP contribution < -0.4 is 5.73 Å². The van der Waals surface area contributed by atoms with Crippen LogP contribution in [0.5, 0.6) is 0 Å². The van der Waals surface area contributed by atoms with Crippen LogP contribution in [-0.4, -0.2) is 0 Å². The number of nitrogen functional groups attached to an aromatic ring is 1. The number of aryl methyl sites for hydroxylation is 1. The maximum atomic E-state index is 5.92. The summed E-state index contributed by atoms with van der Waals surface area (Å²) in [5.41, 5.74) is 8.06. The van der Waals surface area contributed by atoms with E-state index in [1.807, 2.05) is 0 Å². The zero-order valence-corrected chi connectivity index (χ0v) is 9.08. The van der Waals surface area contributed by atoms with Gasteiger partial charge in [-0.2, -0.15) is 0 Å². The third-order valence-electron chi connectivity index (χ3n) is 2.22. The van der Waals surface area contributed by atoms with E-state index in [9.17, 15) is 0 Å². The van der Waals surface area contributed by atoms with Gasteiger partial charge in [0.05, 0.1) is 10.4 Å². The zero-order valence-electron chi connectivity index (χ0n) is 7.37. The Hall–Kier alpha value is -0.670. The minimum atomic E-state index is 0.811. The molecule has 2 aromatic rings. The molecule has 0 radical (unpaired) electrons. The summed E-state index contributed by atoms with van der Waals surface area (Å²) < 4.78 is 1.17. The normalized spacial score (nSPS) is 10.9. The molecule has 13 heavy (non-hydrogen) atoms. The summed E-state index contributed by atoms with van der Waals surface area (Å²) >= 11 is 6.04.